The van der Waals surface area contributed by atoms with Gasteiger partial charge in [0.25, 0.3) is 0 Å². The molecule has 1 aromatic carbocycles. The molecule has 3 heterocycles. The van der Waals surface area contributed by atoms with Crippen LogP contribution in [0, 0.1) is 12.7 Å². The van der Waals surface area contributed by atoms with Gasteiger partial charge in [0.1, 0.15) is 18.5 Å². The summed E-state index contributed by atoms with van der Waals surface area (Å²) in [6.07, 6.45) is -0.321. The van der Waals surface area contributed by atoms with Gasteiger partial charge in [0.2, 0.25) is 11.8 Å². The maximum Gasteiger partial charge on any atom is 0.422 e. The van der Waals surface area contributed by atoms with E-state index in [-0.39, 0.29) is 36.7 Å². The normalized spacial score (nSPS) is 17.4. The Balaban J connectivity index is 1.87. The van der Waals surface area contributed by atoms with Gasteiger partial charge >= 0.3 is 6.18 Å². The van der Waals surface area contributed by atoms with Crippen molar-refractivity contribution in [1.82, 2.24) is 24.5 Å². The zero-order valence-corrected chi connectivity index (χ0v) is 22.6. The zero-order valence-electron chi connectivity index (χ0n) is 22.6. The number of halogens is 5. The molecule has 0 spiro atoms. The van der Waals surface area contributed by atoms with Gasteiger partial charge in [-0.05, 0) is 60.3 Å². The van der Waals surface area contributed by atoms with Gasteiger partial charge < -0.3 is 9.47 Å². The monoisotopic (exact) mass is 567 g/mol. The molecule has 216 valence electrons. The van der Waals surface area contributed by atoms with E-state index < -0.39 is 24.7 Å². The number of hydrogen-bond donors (Lipinski definition) is 0. The Labute approximate surface area is 228 Å². The minimum atomic E-state index is -4.60. The molecule has 0 saturated heterocycles. The Bertz CT molecular complexity index is 1410. The molecule has 0 saturated carbocycles. The summed E-state index contributed by atoms with van der Waals surface area (Å²) in [5.41, 5.74) is 3.16. The van der Waals surface area contributed by atoms with E-state index in [0.717, 1.165) is 0 Å². The molecule has 1 atom stereocenters. The van der Waals surface area contributed by atoms with Crippen LogP contribution in [-0.2, 0) is 25.1 Å². The summed E-state index contributed by atoms with van der Waals surface area (Å²) >= 11 is 0. The van der Waals surface area contributed by atoms with Gasteiger partial charge in [-0.1, -0.05) is 12.7 Å². The molecule has 0 aliphatic carbocycles. The second kappa shape index (κ2) is 11.8. The van der Waals surface area contributed by atoms with Crippen LogP contribution in [0.2, 0.25) is 0 Å². The molecule has 8 nitrogen and oxygen atoms in total. The standard InChI is InChI=1S/C27H30F5N5O3/c1-16-6-7-19-24(37(8-9-39-32)34-25(19)38-15-27(29,30)31)14-35(4)13-18(3)40-26-22(12-33-36(26)5)21-11-20(16)17(2)10-23(21)28/h6-7,10-12,18H,1,8-9,13-15H2,2-5H3/b7-6+. The molecular formula is C27H30F5N5O3. The summed E-state index contributed by atoms with van der Waals surface area (Å²) in [6.45, 7) is 6.24. The fourth-order valence-corrected chi connectivity index (χ4v) is 4.62. The van der Waals surface area contributed by atoms with E-state index in [1.165, 1.54) is 21.6 Å². The van der Waals surface area contributed by atoms with Crippen molar-refractivity contribution in [2.75, 3.05) is 26.8 Å². The first kappa shape index (κ1) is 29.3. The molecule has 4 rings (SSSR count). The first-order valence-electron chi connectivity index (χ1n) is 12.5. The smallest absolute Gasteiger partial charge is 0.422 e. The number of alkyl halides is 3. The molecular weight excluding hydrogens is 537 g/mol. The minimum absolute atomic E-state index is 0.0678. The third-order valence-corrected chi connectivity index (χ3v) is 6.40. The van der Waals surface area contributed by atoms with Gasteiger partial charge in [-0.25, -0.2) is 9.07 Å². The number of ether oxygens (including phenoxy) is 2. The van der Waals surface area contributed by atoms with Crippen molar-refractivity contribution in [3.63, 3.8) is 0 Å². The van der Waals surface area contributed by atoms with Gasteiger partial charge in [0, 0.05) is 25.7 Å². The highest BCUT2D eigenvalue weighted by molar-refractivity contribution is 5.83. The highest BCUT2D eigenvalue weighted by atomic mass is 19.4. The number of likely N-dealkylation sites (N-methyl/N-ethyl adjacent to an activating group) is 1. The predicted molar refractivity (Wildman–Crippen MR) is 139 cm³/mol. The van der Waals surface area contributed by atoms with Crippen molar-refractivity contribution in [2.45, 2.75) is 39.2 Å². The average molecular weight is 568 g/mol. The van der Waals surface area contributed by atoms with Crippen LogP contribution < -0.4 is 9.47 Å². The summed E-state index contributed by atoms with van der Waals surface area (Å²) < 4.78 is 81.0. The van der Waals surface area contributed by atoms with E-state index in [2.05, 4.69) is 21.7 Å². The Morgan fingerprint density at radius 3 is 2.60 bits per heavy atom. The third kappa shape index (κ3) is 6.53. The van der Waals surface area contributed by atoms with Crippen molar-refractivity contribution in [3.05, 3.63) is 59.2 Å². The van der Waals surface area contributed by atoms with Crippen molar-refractivity contribution in [2.24, 2.45) is 7.05 Å². The van der Waals surface area contributed by atoms with E-state index >= 15 is 4.39 Å². The van der Waals surface area contributed by atoms with Crippen molar-refractivity contribution >= 4 is 11.6 Å². The molecule has 0 amide bonds. The van der Waals surface area contributed by atoms with Crippen LogP contribution in [0.5, 0.6) is 11.8 Å². The summed E-state index contributed by atoms with van der Waals surface area (Å²) in [6, 6.07) is 3.02. The largest absolute Gasteiger partial charge is 0.473 e. The molecule has 2 aromatic heterocycles. The molecule has 0 fully saturated rings. The second-order valence-electron chi connectivity index (χ2n) is 9.72. The lowest BCUT2D eigenvalue weighted by Gasteiger charge is -2.23. The van der Waals surface area contributed by atoms with E-state index in [1.54, 1.807) is 39.2 Å². The van der Waals surface area contributed by atoms with E-state index in [4.69, 9.17) is 9.47 Å². The number of aromatic nitrogens is 4. The molecule has 40 heavy (non-hydrogen) atoms. The first-order valence-corrected chi connectivity index (χ1v) is 12.5. The number of benzene rings is 1. The van der Waals surface area contributed by atoms with Crippen LogP contribution in [-0.4, -0.2) is 63.5 Å². The molecule has 1 aliphatic heterocycles. The van der Waals surface area contributed by atoms with Crippen LogP contribution in [0.15, 0.2) is 31.0 Å². The van der Waals surface area contributed by atoms with Crippen LogP contribution in [0.4, 0.5) is 22.1 Å². The van der Waals surface area contributed by atoms with Gasteiger partial charge in [-0.15, -0.1) is 5.10 Å². The second-order valence-corrected chi connectivity index (χ2v) is 9.72. The topological polar surface area (TPSA) is 66.6 Å². The minimum Gasteiger partial charge on any atom is -0.473 e. The Hall–Kier alpha value is -3.71. The maximum absolute atomic E-state index is 15.2. The van der Waals surface area contributed by atoms with Gasteiger partial charge in [0.05, 0.1) is 29.6 Å². The Morgan fingerprint density at radius 2 is 1.90 bits per heavy atom. The zero-order chi connectivity index (χ0) is 29.2. The number of hydrogen-bond acceptors (Lipinski definition) is 6. The van der Waals surface area contributed by atoms with Crippen molar-refractivity contribution < 1.29 is 36.5 Å². The summed E-state index contributed by atoms with van der Waals surface area (Å²) in [5.74, 6) is -0.363. The van der Waals surface area contributed by atoms with Gasteiger partial charge in [0.15, 0.2) is 6.61 Å². The number of fused-ring (bicyclic) bond motifs is 5. The lowest BCUT2D eigenvalue weighted by atomic mass is 9.95. The Morgan fingerprint density at radius 1 is 1.15 bits per heavy atom. The number of allylic oxidation sites excluding steroid dienone is 2. The van der Waals surface area contributed by atoms with Crippen LogP contribution >= 0.6 is 0 Å². The molecule has 2 bridgehead atoms. The number of rotatable bonds is 5. The fraction of sp³-hybridized carbons (Fsp3) is 0.407. The third-order valence-electron chi connectivity index (χ3n) is 6.40. The van der Waals surface area contributed by atoms with Crippen LogP contribution in [0.3, 0.4) is 0 Å². The molecule has 0 N–H and O–H groups in total. The summed E-state index contributed by atoms with van der Waals surface area (Å²) in [5, 5.41) is 8.46. The molecule has 1 unspecified atom stereocenters. The fourth-order valence-electron chi connectivity index (χ4n) is 4.62. The quantitative estimate of drug-likeness (QED) is 0.379. The predicted octanol–water partition coefficient (Wildman–Crippen LogP) is 5.51. The van der Waals surface area contributed by atoms with E-state index in [0.29, 0.717) is 40.4 Å². The van der Waals surface area contributed by atoms with Gasteiger partial charge in [-0.3, -0.25) is 9.58 Å². The summed E-state index contributed by atoms with van der Waals surface area (Å²) in [7, 11) is 3.48. The highest BCUT2D eigenvalue weighted by Crippen LogP contribution is 2.36. The van der Waals surface area contributed by atoms with Crippen molar-refractivity contribution in [1.29, 1.82) is 0 Å². The highest BCUT2D eigenvalue weighted by Gasteiger charge is 2.30. The lowest BCUT2D eigenvalue weighted by molar-refractivity contribution is -0.154. The molecule has 1 aliphatic rings. The first-order chi connectivity index (χ1) is 18.9. The van der Waals surface area contributed by atoms with Crippen molar-refractivity contribution in [3.8, 4) is 22.9 Å². The number of aryl methyl sites for hydroxylation is 2. The summed E-state index contributed by atoms with van der Waals surface area (Å²) in [4.78, 5) is 5.57. The lowest BCUT2D eigenvalue weighted by Crippen LogP contribution is -2.32. The van der Waals surface area contributed by atoms with Crippen LogP contribution in [0.25, 0.3) is 22.8 Å². The molecule has 13 heteroatoms. The Kier molecular flexibility index (Phi) is 8.64. The van der Waals surface area contributed by atoms with Gasteiger partial charge in [-0.2, -0.15) is 23.2 Å². The maximum atomic E-state index is 15.2. The molecule has 0 radical (unpaired) electrons. The SMILES string of the molecule is C=C1/C=C/c2c(OCC(F)(F)F)nn(CCOF)c2CN(C)CC(C)Oc2c(cnn2C)-c2cc1c(C)cc2F. The van der Waals surface area contributed by atoms with Crippen LogP contribution in [0.1, 0.15) is 29.3 Å². The van der Waals surface area contributed by atoms with E-state index in [1.807, 2.05) is 11.8 Å². The van der Waals surface area contributed by atoms with E-state index in [9.17, 15) is 17.7 Å². The molecule has 3 aromatic rings. The average Bonchev–Trinajstić information content (AvgIpc) is 3.38. The number of nitrogens with zero attached hydrogens (tertiary/aromatic N) is 5.